The number of hydrogen-bond donors (Lipinski definition) is 1. The average molecular weight is 361 g/mol. The molecule has 0 radical (unpaired) electrons. The molecule has 0 unspecified atom stereocenters. The number of carbonyl (C=O) groups excluding carboxylic acids is 2. The summed E-state index contributed by atoms with van der Waals surface area (Å²) in [6, 6.07) is 23.3. The van der Waals surface area contributed by atoms with Crippen molar-refractivity contribution in [3.8, 4) is 0 Å². The Kier molecular flexibility index (Phi) is 6.21. The van der Waals surface area contributed by atoms with Gasteiger partial charge in [-0.25, -0.2) is 4.79 Å². The highest BCUT2D eigenvalue weighted by Gasteiger charge is 2.12. The van der Waals surface area contributed by atoms with Crippen molar-refractivity contribution in [3.63, 3.8) is 0 Å². The minimum absolute atomic E-state index is 0.0112. The first kappa shape index (κ1) is 18.6. The molecule has 3 rings (SSSR count). The Labute approximate surface area is 159 Å². The molecule has 0 saturated heterocycles. The smallest absolute Gasteiger partial charge is 0.338 e. The Balaban J connectivity index is 1.45. The molecule has 0 aliphatic heterocycles. The number of amides is 1. The normalized spacial score (nSPS) is 11.7. The lowest BCUT2D eigenvalue weighted by Crippen LogP contribution is -2.36. The zero-order chi connectivity index (χ0) is 19.1. The summed E-state index contributed by atoms with van der Waals surface area (Å²) < 4.78 is 5.15. The van der Waals surface area contributed by atoms with Crippen LogP contribution in [-0.4, -0.2) is 24.5 Å². The number of nitrogens with one attached hydrogen (secondary N) is 1. The Morgan fingerprint density at radius 1 is 0.926 bits per heavy atom. The molecule has 4 heteroatoms. The van der Waals surface area contributed by atoms with Gasteiger partial charge in [-0.1, -0.05) is 60.7 Å². The summed E-state index contributed by atoms with van der Waals surface area (Å²) in [6.07, 6.45) is 1.72. The fraction of sp³-hybridized carbons (Fsp3) is 0.217. The Hall–Kier alpha value is -3.14. The highest BCUT2D eigenvalue weighted by Crippen LogP contribution is 2.16. The highest BCUT2D eigenvalue weighted by molar-refractivity contribution is 5.96. The SMILES string of the molecule is C[C@H](CCc1ccccc1)NC(=O)COC(=O)c1ccc2ccccc2c1. The lowest BCUT2D eigenvalue weighted by atomic mass is 10.1. The molecule has 1 atom stereocenters. The molecule has 0 heterocycles. The lowest BCUT2D eigenvalue weighted by Gasteiger charge is -2.14. The number of rotatable bonds is 7. The van der Waals surface area contributed by atoms with Gasteiger partial charge in [0.25, 0.3) is 5.91 Å². The fourth-order valence-corrected chi connectivity index (χ4v) is 2.95. The van der Waals surface area contributed by atoms with E-state index < -0.39 is 5.97 Å². The van der Waals surface area contributed by atoms with E-state index in [4.69, 9.17) is 4.74 Å². The molecule has 138 valence electrons. The van der Waals surface area contributed by atoms with E-state index in [0.717, 1.165) is 23.6 Å². The number of ether oxygens (including phenoxy) is 1. The molecule has 0 bridgehead atoms. The van der Waals surface area contributed by atoms with Gasteiger partial charge in [-0.05, 0) is 48.2 Å². The van der Waals surface area contributed by atoms with Crippen molar-refractivity contribution in [1.82, 2.24) is 5.32 Å². The predicted octanol–water partition coefficient (Wildman–Crippen LogP) is 4.13. The van der Waals surface area contributed by atoms with Crippen LogP contribution in [0.4, 0.5) is 0 Å². The van der Waals surface area contributed by atoms with Crippen LogP contribution >= 0.6 is 0 Å². The van der Waals surface area contributed by atoms with Gasteiger partial charge >= 0.3 is 5.97 Å². The van der Waals surface area contributed by atoms with E-state index in [2.05, 4.69) is 17.4 Å². The van der Waals surface area contributed by atoms with Crippen LogP contribution in [0.3, 0.4) is 0 Å². The van der Waals surface area contributed by atoms with E-state index in [-0.39, 0.29) is 18.6 Å². The van der Waals surface area contributed by atoms with Gasteiger partial charge in [-0.15, -0.1) is 0 Å². The van der Waals surface area contributed by atoms with Crippen molar-refractivity contribution in [2.45, 2.75) is 25.8 Å². The van der Waals surface area contributed by atoms with Gasteiger partial charge in [0.1, 0.15) is 0 Å². The third kappa shape index (κ3) is 5.42. The van der Waals surface area contributed by atoms with Gasteiger partial charge in [-0.3, -0.25) is 4.79 Å². The maximum absolute atomic E-state index is 12.2. The van der Waals surface area contributed by atoms with E-state index in [0.29, 0.717) is 5.56 Å². The molecule has 1 amide bonds. The summed E-state index contributed by atoms with van der Waals surface area (Å²) in [5.74, 6) is -0.780. The van der Waals surface area contributed by atoms with Crippen molar-refractivity contribution >= 4 is 22.6 Å². The topological polar surface area (TPSA) is 55.4 Å². The molecule has 0 saturated carbocycles. The summed E-state index contributed by atoms with van der Waals surface area (Å²) in [4.78, 5) is 24.2. The van der Waals surface area contributed by atoms with Crippen LogP contribution in [0.2, 0.25) is 0 Å². The molecular weight excluding hydrogens is 338 g/mol. The highest BCUT2D eigenvalue weighted by atomic mass is 16.5. The van der Waals surface area contributed by atoms with Gasteiger partial charge in [0.2, 0.25) is 0 Å². The maximum Gasteiger partial charge on any atom is 0.338 e. The molecule has 0 aliphatic rings. The van der Waals surface area contributed by atoms with E-state index in [9.17, 15) is 9.59 Å². The second-order valence-corrected chi connectivity index (χ2v) is 6.63. The molecule has 3 aromatic rings. The quantitative estimate of drug-likeness (QED) is 0.644. The van der Waals surface area contributed by atoms with Crippen LogP contribution in [0.15, 0.2) is 72.8 Å². The molecule has 0 aliphatic carbocycles. The second kappa shape index (κ2) is 8.99. The molecule has 4 nitrogen and oxygen atoms in total. The molecule has 1 N–H and O–H groups in total. The number of fused-ring (bicyclic) bond motifs is 1. The van der Waals surface area contributed by atoms with Crippen molar-refractivity contribution in [2.75, 3.05) is 6.61 Å². The molecular formula is C23H23NO3. The Bertz CT molecular complexity index is 921. The molecule has 0 aromatic heterocycles. The predicted molar refractivity (Wildman–Crippen MR) is 107 cm³/mol. The van der Waals surface area contributed by atoms with Gasteiger partial charge in [-0.2, -0.15) is 0 Å². The monoisotopic (exact) mass is 361 g/mol. The van der Waals surface area contributed by atoms with Gasteiger partial charge in [0.05, 0.1) is 5.56 Å². The van der Waals surface area contributed by atoms with E-state index in [1.807, 2.05) is 55.5 Å². The third-order valence-corrected chi connectivity index (χ3v) is 4.44. The number of aryl methyl sites for hydroxylation is 1. The zero-order valence-corrected chi connectivity index (χ0v) is 15.4. The van der Waals surface area contributed by atoms with Crippen molar-refractivity contribution < 1.29 is 14.3 Å². The maximum atomic E-state index is 12.2. The third-order valence-electron chi connectivity index (χ3n) is 4.44. The Morgan fingerprint density at radius 3 is 2.41 bits per heavy atom. The van der Waals surface area contributed by atoms with E-state index in [1.165, 1.54) is 5.56 Å². The molecule has 27 heavy (non-hydrogen) atoms. The van der Waals surface area contributed by atoms with Gasteiger partial charge in [0, 0.05) is 6.04 Å². The second-order valence-electron chi connectivity index (χ2n) is 6.63. The van der Waals surface area contributed by atoms with Crippen LogP contribution in [0.1, 0.15) is 29.3 Å². The summed E-state index contributed by atoms with van der Waals surface area (Å²) in [5.41, 5.74) is 1.68. The van der Waals surface area contributed by atoms with Crippen LogP contribution < -0.4 is 5.32 Å². The lowest BCUT2D eigenvalue weighted by molar-refractivity contribution is -0.124. The largest absolute Gasteiger partial charge is 0.452 e. The number of benzene rings is 3. The summed E-state index contributed by atoms with van der Waals surface area (Å²) in [6.45, 7) is 1.67. The first-order chi connectivity index (χ1) is 13.1. The minimum Gasteiger partial charge on any atom is -0.452 e. The summed E-state index contributed by atoms with van der Waals surface area (Å²) >= 11 is 0. The number of hydrogen-bond acceptors (Lipinski definition) is 3. The van der Waals surface area contributed by atoms with Gasteiger partial charge in [0.15, 0.2) is 6.61 Å². The average Bonchev–Trinajstić information content (AvgIpc) is 2.71. The first-order valence-electron chi connectivity index (χ1n) is 9.11. The molecule has 0 fully saturated rings. The first-order valence-corrected chi connectivity index (χ1v) is 9.11. The van der Waals surface area contributed by atoms with Crippen LogP contribution in [0.5, 0.6) is 0 Å². The van der Waals surface area contributed by atoms with Crippen LogP contribution in [0, 0.1) is 0 Å². The Morgan fingerprint density at radius 2 is 1.63 bits per heavy atom. The molecule has 3 aromatic carbocycles. The fourth-order valence-electron chi connectivity index (χ4n) is 2.95. The van der Waals surface area contributed by atoms with Gasteiger partial charge < -0.3 is 10.1 Å². The van der Waals surface area contributed by atoms with Crippen molar-refractivity contribution in [3.05, 3.63) is 83.9 Å². The van der Waals surface area contributed by atoms with E-state index in [1.54, 1.807) is 12.1 Å². The standard InChI is InChI=1S/C23H23NO3/c1-17(11-12-18-7-3-2-4-8-18)24-22(25)16-27-23(26)21-14-13-19-9-5-6-10-20(19)15-21/h2-10,13-15,17H,11-12,16H2,1H3,(H,24,25)/t17-/m1/s1. The minimum atomic E-state index is -0.493. The van der Waals surface area contributed by atoms with Crippen LogP contribution in [-0.2, 0) is 16.0 Å². The number of esters is 1. The summed E-state index contributed by atoms with van der Waals surface area (Å²) in [7, 11) is 0. The summed E-state index contributed by atoms with van der Waals surface area (Å²) in [5, 5.41) is 4.89. The number of carbonyl (C=O) groups is 2. The zero-order valence-electron chi connectivity index (χ0n) is 15.4. The van der Waals surface area contributed by atoms with Crippen molar-refractivity contribution in [2.24, 2.45) is 0 Å². The van der Waals surface area contributed by atoms with E-state index >= 15 is 0 Å². The molecule has 0 spiro atoms. The van der Waals surface area contributed by atoms with Crippen LogP contribution in [0.25, 0.3) is 10.8 Å². The van der Waals surface area contributed by atoms with Crippen molar-refractivity contribution in [1.29, 1.82) is 0 Å².